The lowest BCUT2D eigenvalue weighted by Gasteiger charge is -2.31. The van der Waals surface area contributed by atoms with Crippen LogP contribution >= 0.6 is 0 Å². The van der Waals surface area contributed by atoms with Gasteiger partial charge < -0.3 is 10.1 Å². The van der Waals surface area contributed by atoms with E-state index in [9.17, 15) is 13.2 Å². The highest BCUT2D eigenvalue weighted by molar-refractivity contribution is 7.88. The van der Waals surface area contributed by atoms with Crippen molar-refractivity contribution in [3.8, 4) is 0 Å². The van der Waals surface area contributed by atoms with E-state index >= 15 is 0 Å². The van der Waals surface area contributed by atoms with Crippen LogP contribution in [0.15, 0.2) is 6.20 Å². The Kier molecular flexibility index (Phi) is 4.12. The molecule has 1 fully saturated rings. The Morgan fingerprint density at radius 2 is 2.47 bits per heavy atom. The van der Waals surface area contributed by atoms with E-state index in [0.29, 0.717) is 13.2 Å². The quantitative estimate of drug-likeness (QED) is 0.675. The molecule has 0 saturated carbocycles. The van der Waals surface area contributed by atoms with Gasteiger partial charge in [0.1, 0.15) is 0 Å². The molecule has 1 amide bonds. The molecule has 19 heavy (non-hydrogen) atoms. The van der Waals surface area contributed by atoms with Crippen molar-refractivity contribution in [2.24, 2.45) is 0 Å². The van der Waals surface area contributed by atoms with E-state index < -0.39 is 10.0 Å². The lowest BCUT2D eigenvalue weighted by molar-refractivity contribution is 0.000411. The summed E-state index contributed by atoms with van der Waals surface area (Å²) in [5, 5.41) is 12.1. The van der Waals surface area contributed by atoms with Crippen molar-refractivity contribution in [1.29, 1.82) is 0 Å². The number of carbonyl (C=O) groups excluding carboxylic acids is 1. The average molecular weight is 289 g/mol. The van der Waals surface area contributed by atoms with Crippen LogP contribution in [-0.2, 0) is 14.8 Å². The summed E-state index contributed by atoms with van der Waals surface area (Å²) in [6.07, 6.45) is 2.10. The summed E-state index contributed by atoms with van der Waals surface area (Å²) < 4.78 is 29.6. The Morgan fingerprint density at radius 3 is 3.11 bits per heavy atom. The van der Waals surface area contributed by atoms with E-state index in [2.05, 4.69) is 20.7 Å². The molecule has 0 aromatic carbocycles. The highest BCUT2D eigenvalue weighted by Gasteiger charge is 2.26. The lowest BCUT2D eigenvalue weighted by atomic mass is 10.3. The van der Waals surface area contributed by atoms with E-state index in [1.54, 1.807) is 0 Å². The fraction of sp³-hybridized carbons (Fsp3) is 0.667. The topological polar surface area (TPSA) is 117 Å². The summed E-state index contributed by atoms with van der Waals surface area (Å²) in [7, 11) is -3.23. The molecule has 9 nitrogen and oxygen atoms in total. The van der Waals surface area contributed by atoms with Crippen LogP contribution in [0.1, 0.15) is 10.5 Å². The van der Waals surface area contributed by atoms with Crippen molar-refractivity contribution in [2.45, 2.75) is 6.10 Å². The number of nitrogens with one attached hydrogen (secondary N) is 2. The first-order valence-electron chi connectivity index (χ1n) is 5.67. The van der Waals surface area contributed by atoms with Crippen LogP contribution in [0.2, 0.25) is 0 Å². The molecule has 106 valence electrons. The zero-order valence-corrected chi connectivity index (χ0v) is 11.2. The Bertz CT molecular complexity index is 529. The maximum atomic E-state index is 11.6. The minimum absolute atomic E-state index is 0.177. The second-order valence-corrected chi connectivity index (χ2v) is 6.16. The zero-order valence-electron chi connectivity index (χ0n) is 10.4. The number of H-pyrrole nitrogens is 1. The fourth-order valence-electron chi connectivity index (χ4n) is 1.73. The van der Waals surface area contributed by atoms with Crippen LogP contribution in [0.3, 0.4) is 0 Å². The molecule has 2 N–H and O–H groups in total. The third-order valence-corrected chi connectivity index (χ3v) is 3.98. The van der Waals surface area contributed by atoms with Gasteiger partial charge in [-0.05, 0) is 0 Å². The number of sulfonamides is 1. The maximum absolute atomic E-state index is 11.6. The Labute approximate surface area is 110 Å². The molecule has 0 radical (unpaired) electrons. The second kappa shape index (κ2) is 5.63. The number of rotatable bonds is 4. The number of carbonyl (C=O) groups is 1. The molecule has 1 aromatic rings. The number of amides is 1. The monoisotopic (exact) mass is 289 g/mol. The Morgan fingerprint density at radius 1 is 1.68 bits per heavy atom. The van der Waals surface area contributed by atoms with E-state index in [0.717, 1.165) is 6.26 Å². The number of aromatic amines is 1. The van der Waals surface area contributed by atoms with Gasteiger partial charge in [0.2, 0.25) is 10.0 Å². The van der Waals surface area contributed by atoms with Crippen molar-refractivity contribution in [3.05, 3.63) is 11.9 Å². The van der Waals surface area contributed by atoms with E-state index in [1.807, 2.05) is 0 Å². The zero-order chi connectivity index (χ0) is 13.9. The standard InChI is InChI=1S/C9H15N5O4S/c1-19(16,17)14-2-3-18-7(6-14)4-10-9(15)8-5-11-13-12-8/h5,7H,2-4,6H2,1H3,(H,10,15)(H,11,12,13)/t7-/m0/s1. The summed E-state index contributed by atoms with van der Waals surface area (Å²) in [5.41, 5.74) is 0.177. The first-order valence-corrected chi connectivity index (χ1v) is 7.52. The molecule has 1 aromatic heterocycles. The molecular formula is C9H15N5O4S. The summed E-state index contributed by atoms with van der Waals surface area (Å²) in [6, 6.07) is 0. The van der Waals surface area contributed by atoms with Crippen molar-refractivity contribution in [2.75, 3.05) is 32.5 Å². The van der Waals surface area contributed by atoms with Crippen LogP contribution in [0.25, 0.3) is 0 Å². The van der Waals surface area contributed by atoms with Gasteiger partial charge in [0.25, 0.3) is 5.91 Å². The molecule has 1 aliphatic rings. The molecule has 0 unspecified atom stereocenters. The van der Waals surface area contributed by atoms with Gasteiger partial charge in [-0.3, -0.25) is 4.79 Å². The summed E-state index contributed by atoms with van der Waals surface area (Å²) >= 11 is 0. The molecule has 2 rings (SSSR count). The highest BCUT2D eigenvalue weighted by atomic mass is 32.2. The fourth-order valence-corrected chi connectivity index (χ4v) is 2.57. The predicted octanol–water partition coefficient (Wildman–Crippen LogP) is -1.81. The number of ether oxygens (including phenoxy) is 1. The largest absolute Gasteiger partial charge is 0.374 e. The number of hydrogen-bond donors (Lipinski definition) is 2. The lowest BCUT2D eigenvalue weighted by Crippen LogP contribution is -2.49. The first-order chi connectivity index (χ1) is 8.97. The molecule has 0 bridgehead atoms. The number of nitrogens with zero attached hydrogens (tertiary/aromatic N) is 3. The Hall–Kier alpha value is -1.52. The van der Waals surface area contributed by atoms with Gasteiger partial charge in [-0.2, -0.15) is 19.7 Å². The van der Waals surface area contributed by atoms with Crippen LogP contribution < -0.4 is 5.32 Å². The number of hydrogen-bond acceptors (Lipinski definition) is 6. The van der Waals surface area contributed by atoms with Crippen molar-refractivity contribution < 1.29 is 17.9 Å². The van der Waals surface area contributed by atoms with Gasteiger partial charge in [-0.1, -0.05) is 0 Å². The van der Waals surface area contributed by atoms with E-state index in [-0.39, 0.29) is 30.8 Å². The number of morpholine rings is 1. The second-order valence-electron chi connectivity index (χ2n) is 4.18. The predicted molar refractivity (Wildman–Crippen MR) is 64.9 cm³/mol. The minimum atomic E-state index is -3.23. The van der Waals surface area contributed by atoms with Gasteiger partial charge in [0.15, 0.2) is 5.69 Å². The van der Waals surface area contributed by atoms with Crippen LogP contribution in [0, 0.1) is 0 Å². The highest BCUT2D eigenvalue weighted by Crippen LogP contribution is 2.08. The third kappa shape index (κ3) is 3.72. The smallest absolute Gasteiger partial charge is 0.273 e. The van der Waals surface area contributed by atoms with Crippen molar-refractivity contribution in [1.82, 2.24) is 25.0 Å². The van der Waals surface area contributed by atoms with Gasteiger partial charge in [-0.15, -0.1) is 0 Å². The molecule has 0 aliphatic carbocycles. The van der Waals surface area contributed by atoms with Crippen LogP contribution in [0.4, 0.5) is 0 Å². The van der Waals surface area contributed by atoms with E-state index in [1.165, 1.54) is 10.5 Å². The van der Waals surface area contributed by atoms with Crippen molar-refractivity contribution in [3.63, 3.8) is 0 Å². The van der Waals surface area contributed by atoms with Gasteiger partial charge in [0, 0.05) is 19.6 Å². The molecule has 1 aliphatic heterocycles. The van der Waals surface area contributed by atoms with Crippen LogP contribution in [-0.4, -0.2) is 72.6 Å². The van der Waals surface area contributed by atoms with Crippen LogP contribution in [0.5, 0.6) is 0 Å². The molecule has 2 heterocycles. The van der Waals surface area contributed by atoms with Gasteiger partial charge in [-0.25, -0.2) is 8.42 Å². The first kappa shape index (κ1) is 13.9. The normalized spacial score (nSPS) is 21.2. The maximum Gasteiger partial charge on any atom is 0.273 e. The minimum Gasteiger partial charge on any atom is -0.374 e. The SMILES string of the molecule is CS(=O)(=O)N1CCO[C@@H](CNC(=O)c2cn[nH]n2)C1. The average Bonchev–Trinajstić information content (AvgIpc) is 2.89. The molecular weight excluding hydrogens is 274 g/mol. The summed E-state index contributed by atoms with van der Waals surface area (Å²) in [6.45, 7) is 1.11. The van der Waals surface area contributed by atoms with Gasteiger partial charge in [0.05, 0.1) is 25.2 Å². The van der Waals surface area contributed by atoms with Gasteiger partial charge >= 0.3 is 0 Å². The molecule has 10 heteroatoms. The summed E-state index contributed by atoms with van der Waals surface area (Å²) in [5.74, 6) is -0.381. The molecule has 0 spiro atoms. The third-order valence-electron chi connectivity index (χ3n) is 2.71. The molecule has 1 atom stereocenters. The number of aromatic nitrogens is 3. The summed E-state index contributed by atoms with van der Waals surface area (Å²) in [4.78, 5) is 11.6. The molecule has 1 saturated heterocycles. The Balaban J connectivity index is 1.85. The van der Waals surface area contributed by atoms with E-state index in [4.69, 9.17) is 4.74 Å². The van der Waals surface area contributed by atoms with Crippen molar-refractivity contribution >= 4 is 15.9 Å².